The van der Waals surface area contributed by atoms with Crippen molar-refractivity contribution >= 4 is 17.1 Å². The number of carbonyl (C=O) groups is 1. The summed E-state index contributed by atoms with van der Waals surface area (Å²) in [5.74, 6) is 0.140. The molecule has 1 aromatic carbocycles. The van der Waals surface area contributed by atoms with Crippen LogP contribution in [0.25, 0.3) is 10.4 Å². The van der Waals surface area contributed by atoms with Crippen molar-refractivity contribution in [3.63, 3.8) is 0 Å². The van der Waals surface area contributed by atoms with Crippen molar-refractivity contribution in [2.75, 3.05) is 0 Å². The molecule has 0 radical (unpaired) electrons. The van der Waals surface area contributed by atoms with E-state index in [0.717, 1.165) is 4.88 Å². The first kappa shape index (κ1) is 11.1. The van der Waals surface area contributed by atoms with Crippen LogP contribution in [0.4, 0.5) is 0 Å². The van der Waals surface area contributed by atoms with Gasteiger partial charge in [0.15, 0.2) is 5.78 Å². The molecular weight excluding hydrogens is 216 g/mol. The molecule has 2 aromatic rings. The molecule has 0 N–H and O–H groups in total. The van der Waals surface area contributed by atoms with Crippen LogP contribution in [0.1, 0.15) is 27.7 Å². The lowest BCUT2D eigenvalue weighted by Crippen LogP contribution is -1.85. The van der Waals surface area contributed by atoms with E-state index in [1.807, 2.05) is 12.1 Å². The zero-order valence-electron chi connectivity index (χ0n) is 9.70. The van der Waals surface area contributed by atoms with Gasteiger partial charge in [0.25, 0.3) is 0 Å². The number of ketones is 1. The average Bonchev–Trinajstić information content (AvgIpc) is 2.71. The van der Waals surface area contributed by atoms with Crippen LogP contribution >= 0.6 is 11.3 Å². The minimum Gasteiger partial charge on any atom is -0.294 e. The van der Waals surface area contributed by atoms with Gasteiger partial charge in [-0.05, 0) is 49.6 Å². The van der Waals surface area contributed by atoms with Gasteiger partial charge in [0.2, 0.25) is 0 Å². The number of hydrogen-bond acceptors (Lipinski definition) is 2. The highest BCUT2D eigenvalue weighted by Crippen LogP contribution is 2.31. The van der Waals surface area contributed by atoms with Crippen LogP contribution < -0.4 is 0 Å². The predicted molar refractivity (Wildman–Crippen MR) is 69.2 cm³/mol. The van der Waals surface area contributed by atoms with Crippen molar-refractivity contribution in [1.29, 1.82) is 0 Å². The van der Waals surface area contributed by atoms with E-state index in [0.29, 0.717) is 0 Å². The van der Waals surface area contributed by atoms with Crippen molar-refractivity contribution in [1.82, 2.24) is 0 Å². The molecule has 1 nitrogen and oxygen atoms in total. The molecule has 1 aromatic heterocycles. The van der Waals surface area contributed by atoms with Crippen molar-refractivity contribution in [2.45, 2.75) is 20.8 Å². The van der Waals surface area contributed by atoms with Crippen molar-refractivity contribution in [3.8, 4) is 10.4 Å². The van der Waals surface area contributed by atoms with Gasteiger partial charge < -0.3 is 0 Å². The minimum absolute atomic E-state index is 0.140. The van der Waals surface area contributed by atoms with Crippen LogP contribution in [0.15, 0.2) is 30.3 Å². The number of Topliss-reactive ketones (excluding diaryl/α,β-unsaturated/α-hetero) is 1. The van der Waals surface area contributed by atoms with Crippen molar-refractivity contribution in [3.05, 3.63) is 46.3 Å². The molecule has 0 aliphatic carbocycles. The predicted octanol–water partition coefficient (Wildman–Crippen LogP) is 4.23. The Morgan fingerprint density at radius 1 is 1.12 bits per heavy atom. The first-order chi connectivity index (χ1) is 7.59. The molecule has 0 aliphatic heterocycles. The van der Waals surface area contributed by atoms with Crippen LogP contribution in [0.3, 0.4) is 0 Å². The Kier molecular flexibility index (Phi) is 2.92. The zero-order chi connectivity index (χ0) is 11.7. The fraction of sp³-hybridized carbons (Fsp3) is 0.214. The van der Waals surface area contributed by atoms with Gasteiger partial charge >= 0.3 is 0 Å². The zero-order valence-corrected chi connectivity index (χ0v) is 10.5. The molecule has 0 atom stereocenters. The number of thiophene rings is 1. The van der Waals surface area contributed by atoms with Crippen molar-refractivity contribution < 1.29 is 4.79 Å². The highest BCUT2D eigenvalue weighted by Gasteiger charge is 2.08. The van der Waals surface area contributed by atoms with Gasteiger partial charge in [-0.1, -0.05) is 18.2 Å². The maximum Gasteiger partial charge on any atom is 0.169 e. The molecule has 0 bridgehead atoms. The van der Waals surface area contributed by atoms with Gasteiger partial charge in [-0.2, -0.15) is 0 Å². The molecule has 16 heavy (non-hydrogen) atoms. The van der Waals surface area contributed by atoms with Gasteiger partial charge in [-0.15, -0.1) is 11.3 Å². The third-order valence-electron chi connectivity index (χ3n) is 2.82. The van der Waals surface area contributed by atoms with Crippen molar-refractivity contribution in [2.24, 2.45) is 0 Å². The van der Waals surface area contributed by atoms with E-state index in [1.165, 1.54) is 21.6 Å². The molecule has 0 aliphatic rings. The summed E-state index contributed by atoms with van der Waals surface area (Å²) in [5, 5.41) is 0. The van der Waals surface area contributed by atoms with E-state index < -0.39 is 0 Å². The quantitative estimate of drug-likeness (QED) is 0.705. The van der Waals surface area contributed by atoms with Crippen LogP contribution in [0.5, 0.6) is 0 Å². The number of benzene rings is 1. The molecule has 0 spiro atoms. The van der Waals surface area contributed by atoms with E-state index in [1.54, 1.807) is 18.3 Å². The Labute approximate surface area is 99.8 Å². The summed E-state index contributed by atoms with van der Waals surface area (Å²) in [4.78, 5) is 13.3. The first-order valence-electron chi connectivity index (χ1n) is 5.27. The Morgan fingerprint density at radius 2 is 1.88 bits per heavy atom. The molecule has 0 unspecified atom stereocenters. The maximum absolute atomic E-state index is 11.3. The summed E-state index contributed by atoms with van der Waals surface area (Å²) in [7, 11) is 0. The SMILES string of the molecule is CC(=O)c1ccc(-c2cccc(C)c2C)s1. The second kappa shape index (κ2) is 4.22. The number of hydrogen-bond donors (Lipinski definition) is 0. The third kappa shape index (κ3) is 1.93. The monoisotopic (exact) mass is 230 g/mol. The van der Waals surface area contributed by atoms with E-state index >= 15 is 0 Å². The molecule has 2 heteroatoms. The first-order valence-corrected chi connectivity index (χ1v) is 6.08. The highest BCUT2D eigenvalue weighted by atomic mass is 32.1. The summed E-state index contributed by atoms with van der Waals surface area (Å²) in [6.45, 7) is 5.84. The second-order valence-corrected chi connectivity index (χ2v) is 5.05. The minimum atomic E-state index is 0.140. The molecule has 2 rings (SSSR count). The highest BCUT2D eigenvalue weighted by molar-refractivity contribution is 7.17. The molecular formula is C14H14OS. The van der Waals surface area contributed by atoms with E-state index in [2.05, 4.69) is 32.0 Å². The van der Waals surface area contributed by atoms with Gasteiger partial charge in [-0.3, -0.25) is 4.79 Å². The fourth-order valence-corrected chi connectivity index (χ4v) is 2.67. The van der Waals surface area contributed by atoms with Crippen LogP contribution in [-0.4, -0.2) is 5.78 Å². The molecule has 82 valence electrons. The van der Waals surface area contributed by atoms with Gasteiger partial charge in [0.1, 0.15) is 0 Å². The third-order valence-corrected chi connectivity index (χ3v) is 4.04. The normalized spacial score (nSPS) is 10.4. The summed E-state index contributed by atoms with van der Waals surface area (Å²) in [6.07, 6.45) is 0. The van der Waals surface area contributed by atoms with Gasteiger partial charge in [0.05, 0.1) is 4.88 Å². The lowest BCUT2D eigenvalue weighted by Gasteiger charge is -2.05. The van der Waals surface area contributed by atoms with E-state index in [4.69, 9.17) is 0 Å². The molecule has 0 saturated carbocycles. The fourth-order valence-electron chi connectivity index (χ4n) is 1.69. The Hall–Kier alpha value is -1.41. The topological polar surface area (TPSA) is 17.1 Å². The Bertz CT molecular complexity index is 537. The van der Waals surface area contributed by atoms with Gasteiger partial charge in [0, 0.05) is 4.88 Å². The molecule has 0 amide bonds. The summed E-state index contributed by atoms with van der Waals surface area (Å²) in [6, 6.07) is 10.2. The summed E-state index contributed by atoms with van der Waals surface area (Å²) < 4.78 is 0. The molecule has 1 heterocycles. The number of carbonyl (C=O) groups excluding carboxylic acids is 1. The van der Waals surface area contributed by atoms with Gasteiger partial charge in [-0.25, -0.2) is 0 Å². The number of rotatable bonds is 2. The molecule has 0 saturated heterocycles. The molecule has 0 fully saturated rings. The maximum atomic E-state index is 11.3. The summed E-state index contributed by atoms with van der Waals surface area (Å²) in [5.41, 5.74) is 3.81. The lowest BCUT2D eigenvalue weighted by atomic mass is 10.0. The second-order valence-electron chi connectivity index (χ2n) is 3.97. The Balaban J connectivity index is 2.50. The Morgan fingerprint density at radius 3 is 2.50 bits per heavy atom. The summed E-state index contributed by atoms with van der Waals surface area (Å²) >= 11 is 1.57. The van der Waals surface area contributed by atoms with E-state index in [9.17, 15) is 4.79 Å². The van der Waals surface area contributed by atoms with E-state index in [-0.39, 0.29) is 5.78 Å². The standard InChI is InChI=1S/C14H14OS/c1-9-5-4-6-12(10(9)2)14-8-7-13(16-14)11(3)15/h4-8H,1-3H3. The lowest BCUT2D eigenvalue weighted by molar-refractivity contribution is 0.102. The van der Waals surface area contributed by atoms with Crippen LogP contribution in [0.2, 0.25) is 0 Å². The smallest absolute Gasteiger partial charge is 0.169 e. The van der Waals surface area contributed by atoms with Crippen LogP contribution in [-0.2, 0) is 0 Å². The van der Waals surface area contributed by atoms with Crippen LogP contribution in [0, 0.1) is 13.8 Å². The average molecular weight is 230 g/mol. The number of aryl methyl sites for hydroxylation is 1. The largest absolute Gasteiger partial charge is 0.294 e.